The number of allylic oxidation sites excluding steroid dienone is 1. The van der Waals surface area contributed by atoms with E-state index in [2.05, 4.69) is 6.58 Å². The monoisotopic (exact) mass is 158 g/mol. The van der Waals surface area contributed by atoms with Gasteiger partial charge in [-0.1, -0.05) is 13.0 Å². The smallest absolute Gasteiger partial charge is 0.0567 e. The molecule has 66 valence electrons. The normalized spacial score (nSPS) is 15.9. The molecular formula is C9H18O2. The fraction of sp³-hybridized carbons (Fsp3) is 0.778. The largest absolute Gasteiger partial charge is 0.393 e. The van der Waals surface area contributed by atoms with Crippen LogP contribution >= 0.6 is 0 Å². The second kappa shape index (κ2) is 6.38. The molecule has 0 aliphatic carbocycles. The Kier molecular flexibility index (Phi) is 6.18. The molecule has 0 radical (unpaired) electrons. The molecule has 0 bridgehead atoms. The summed E-state index contributed by atoms with van der Waals surface area (Å²) in [6.45, 7) is 6.33. The van der Waals surface area contributed by atoms with Crippen LogP contribution in [-0.4, -0.2) is 24.9 Å². The van der Waals surface area contributed by atoms with E-state index in [0.29, 0.717) is 18.9 Å². The minimum Gasteiger partial charge on any atom is -0.393 e. The molecule has 0 aromatic carbocycles. The van der Waals surface area contributed by atoms with Crippen molar-refractivity contribution < 1.29 is 9.84 Å². The summed E-state index contributed by atoms with van der Waals surface area (Å²) in [5.41, 5.74) is 0. The Bertz CT molecular complexity index is 102. The summed E-state index contributed by atoms with van der Waals surface area (Å²) in [4.78, 5) is 0. The quantitative estimate of drug-likeness (QED) is 0.595. The summed E-state index contributed by atoms with van der Waals surface area (Å²) in [7, 11) is 1.64. The van der Waals surface area contributed by atoms with Crippen molar-refractivity contribution in [2.45, 2.75) is 25.9 Å². The Balaban J connectivity index is 3.34. The van der Waals surface area contributed by atoms with E-state index in [1.807, 2.05) is 13.0 Å². The zero-order valence-corrected chi connectivity index (χ0v) is 7.42. The van der Waals surface area contributed by atoms with E-state index in [1.165, 1.54) is 0 Å². The lowest BCUT2D eigenvalue weighted by atomic mass is 10.0. The number of aliphatic hydroxyl groups is 1. The topological polar surface area (TPSA) is 29.5 Å². The van der Waals surface area contributed by atoms with Crippen molar-refractivity contribution in [1.82, 2.24) is 0 Å². The molecule has 0 rings (SSSR count). The van der Waals surface area contributed by atoms with Gasteiger partial charge in [-0.25, -0.2) is 0 Å². The van der Waals surface area contributed by atoms with Crippen molar-refractivity contribution in [2.24, 2.45) is 5.92 Å². The molecule has 0 saturated carbocycles. The molecule has 0 fully saturated rings. The van der Waals surface area contributed by atoms with Gasteiger partial charge in [0.15, 0.2) is 0 Å². The Morgan fingerprint density at radius 2 is 2.27 bits per heavy atom. The zero-order chi connectivity index (χ0) is 8.69. The molecule has 1 N–H and O–H groups in total. The third kappa shape index (κ3) is 6.07. The van der Waals surface area contributed by atoms with Crippen LogP contribution in [0.25, 0.3) is 0 Å². The first kappa shape index (κ1) is 10.7. The van der Waals surface area contributed by atoms with Crippen molar-refractivity contribution >= 4 is 0 Å². The van der Waals surface area contributed by atoms with Crippen LogP contribution in [0, 0.1) is 5.92 Å². The Labute approximate surface area is 68.9 Å². The first-order valence-electron chi connectivity index (χ1n) is 4.00. The van der Waals surface area contributed by atoms with Crippen molar-refractivity contribution in [2.75, 3.05) is 13.7 Å². The van der Waals surface area contributed by atoms with Gasteiger partial charge >= 0.3 is 0 Å². The summed E-state index contributed by atoms with van der Waals surface area (Å²) >= 11 is 0. The van der Waals surface area contributed by atoms with Gasteiger partial charge in [-0.2, -0.15) is 0 Å². The maximum Gasteiger partial charge on any atom is 0.0567 e. The van der Waals surface area contributed by atoms with Crippen LogP contribution in [0.2, 0.25) is 0 Å². The molecule has 0 amide bonds. The maximum atomic E-state index is 9.35. The number of hydrogen-bond donors (Lipinski definition) is 1. The summed E-state index contributed by atoms with van der Waals surface area (Å²) in [6, 6.07) is 0. The zero-order valence-electron chi connectivity index (χ0n) is 7.42. The number of rotatable bonds is 6. The predicted molar refractivity (Wildman–Crippen MR) is 46.5 cm³/mol. The van der Waals surface area contributed by atoms with E-state index in [-0.39, 0.29) is 6.10 Å². The molecule has 0 aromatic heterocycles. The van der Waals surface area contributed by atoms with Crippen LogP contribution in [0.15, 0.2) is 12.7 Å². The lowest BCUT2D eigenvalue weighted by Gasteiger charge is -2.12. The summed E-state index contributed by atoms with van der Waals surface area (Å²) in [6.07, 6.45) is 3.11. The van der Waals surface area contributed by atoms with Gasteiger partial charge in [-0.3, -0.25) is 0 Å². The van der Waals surface area contributed by atoms with Crippen molar-refractivity contribution in [1.29, 1.82) is 0 Å². The Hall–Kier alpha value is -0.340. The van der Waals surface area contributed by atoms with Gasteiger partial charge in [0.2, 0.25) is 0 Å². The molecule has 2 atom stereocenters. The Morgan fingerprint density at radius 3 is 2.73 bits per heavy atom. The van der Waals surface area contributed by atoms with Crippen LogP contribution in [0.3, 0.4) is 0 Å². The molecule has 0 saturated heterocycles. The van der Waals surface area contributed by atoms with Crippen LogP contribution in [-0.2, 0) is 4.74 Å². The highest BCUT2D eigenvalue weighted by Crippen LogP contribution is 2.08. The van der Waals surface area contributed by atoms with Gasteiger partial charge in [0.25, 0.3) is 0 Å². The third-order valence-corrected chi connectivity index (χ3v) is 1.70. The van der Waals surface area contributed by atoms with E-state index in [0.717, 1.165) is 6.42 Å². The molecule has 11 heavy (non-hydrogen) atoms. The molecule has 0 spiro atoms. The van der Waals surface area contributed by atoms with Crippen molar-refractivity contribution in [3.63, 3.8) is 0 Å². The molecular weight excluding hydrogens is 140 g/mol. The Morgan fingerprint density at radius 1 is 1.64 bits per heavy atom. The van der Waals surface area contributed by atoms with Crippen LogP contribution < -0.4 is 0 Å². The number of hydrogen-bond acceptors (Lipinski definition) is 2. The molecule has 2 heteroatoms. The molecule has 2 nitrogen and oxygen atoms in total. The standard InChI is InChI=1S/C9H18O2/c1-4-8(2)7-9(10)5-6-11-3/h4,8-10H,1,5-7H2,2-3H3/t8-,9-/m1/s1. The number of aliphatic hydroxyl groups excluding tert-OH is 1. The van der Waals surface area contributed by atoms with Gasteiger partial charge in [-0.05, 0) is 18.8 Å². The molecule has 0 aromatic rings. The third-order valence-electron chi connectivity index (χ3n) is 1.70. The predicted octanol–water partition coefficient (Wildman–Crippen LogP) is 1.60. The average molecular weight is 158 g/mol. The highest BCUT2D eigenvalue weighted by molar-refractivity contribution is 4.77. The fourth-order valence-corrected chi connectivity index (χ4v) is 0.897. The van der Waals surface area contributed by atoms with Crippen molar-refractivity contribution in [3.8, 4) is 0 Å². The number of ether oxygens (including phenoxy) is 1. The maximum absolute atomic E-state index is 9.35. The average Bonchev–Trinajstić information content (AvgIpc) is 2.00. The van der Waals surface area contributed by atoms with E-state index >= 15 is 0 Å². The highest BCUT2D eigenvalue weighted by atomic mass is 16.5. The van der Waals surface area contributed by atoms with Gasteiger partial charge in [0.1, 0.15) is 0 Å². The fourth-order valence-electron chi connectivity index (χ4n) is 0.897. The van der Waals surface area contributed by atoms with E-state index in [4.69, 9.17) is 4.74 Å². The van der Waals surface area contributed by atoms with Crippen LogP contribution in [0.1, 0.15) is 19.8 Å². The number of methoxy groups -OCH3 is 1. The summed E-state index contributed by atoms with van der Waals surface area (Å²) in [5.74, 6) is 0.391. The van der Waals surface area contributed by atoms with E-state index in [1.54, 1.807) is 7.11 Å². The molecule has 0 unspecified atom stereocenters. The van der Waals surface area contributed by atoms with Crippen LogP contribution in [0.5, 0.6) is 0 Å². The van der Waals surface area contributed by atoms with Gasteiger partial charge in [-0.15, -0.1) is 6.58 Å². The lowest BCUT2D eigenvalue weighted by Crippen LogP contribution is -2.12. The van der Waals surface area contributed by atoms with Crippen LogP contribution in [0.4, 0.5) is 0 Å². The molecule has 0 aliphatic rings. The molecule has 0 heterocycles. The molecule has 0 aliphatic heterocycles. The SMILES string of the molecule is C=C[C@@H](C)C[C@H](O)CCOC. The first-order valence-corrected chi connectivity index (χ1v) is 4.00. The van der Waals surface area contributed by atoms with Gasteiger partial charge in [0.05, 0.1) is 6.10 Å². The first-order chi connectivity index (χ1) is 5.20. The van der Waals surface area contributed by atoms with Gasteiger partial charge in [0, 0.05) is 13.7 Å². The van der Waals surface area contributed by atoms with E-state index < -0.39 is 0 Å². The van der Waals surface area contributed by atoms with Gasteiger partial charge < -0.3 is 9.84 Å². The minimum atomic E-state index is -0.247. The highest BCUT2D eigenvalue weighted by Gasteiger charge is 2.06. The minimum absolute atomic E-state index is 0.247. The van der Waals surface area contributed by atoms with E-state index in [9.17, 15) is 5.11 Å². The second-order valence-electron chi connectivity index (χ2n) is 2.88. The summed E-state index contributed by atoms with van der Waals surface area (Å²) in [5, 5.41) is 9.35. The second-order valence-corrected chi connectivity index (χ2v) is 2.88. The summed E-state index contributed by atoms with van der Waals surface area (Å²) < 4.78 is 4.84. The lowest BCUT2D eigenvalue weighted by molar-refractivity contribution is 0.0975. The van der Waals surface area contributed by atoms with Crippen molar-refractivity contribution in [3.05, 3.63) is 12.7 Å².